The van der Waals surface area contributed by atoms with E-state index in [-0.39, 0.29) is 5.91 Å². The fourth-order valence-electron chi connectivity index (χ4n) is 0.996. The van der Waals surface area contributed by atoms with Crippen molar-refractivity contribution in [3.05, 3.63) is 39.5 Å². The number of carbonyl (C=O) groups excluding carboxylic acids is 1. The van der Waals surface area contributed by atoms with E-state index in [0.717, 1.165) is 3.79 Å². The molecule has 2 aromatic heterocycles. The maximum absolute atomic E-state index is 11.6. The Labute approximate surface area is 98.5 Å². The van der Waals surface area contributed by atoms with E-state index in [4.69, 9.17) is 0 Å². The number of aromatic nitrogens is 2. The third kappa shape index (κ3) is 2.60. The highest BCUT2D eigenvalue weighted by Crippen LogP contribution is 2.21. The lowest BCUT2D eigenvalue weighted by Crippen LogP contribution is -2.10. The van der Waals surface area contributed by atoms with Gasteiger partial charge >= 0.3 is 0 Å². The molecule has 0 aromatic carbocycles. The molecule has 0 saturated heterocycles. The van der Waals surface area contributed by atoms with Crippen LogP contribution in [0.3, 0.4) is 0 Å². The van der Waals surface area contributed by atoms with E-state index in [1.54, 1.807) is 23.8 Å². The van der Waals surface area contributed by atoms with Crippen LogP contribution in [-0.4, -0.2) is 15.9 Å². The zero-order chi connectivity index (χ0) is 10.7. The number of halogens is 1. The number of anilines is 1. The number of hydrogen-bond donors (Lipinski definition) is 1. The van der Waals surface area contributed by atoms with Crippen molar-refractivity contribution in [2.75, 3.05) is 5.32 Å². The van der Waals surface area contributed by atoms with Gasteiger partial charge in [-0.15, -0.1) is 11.3 Å². The Balaban J connectivity index is 2.11. The molecule has 0 aliphatic carbocycles. The first kappa shape index (κ1) is 10.3. The first-order valence-corrected chi connectivity index (χ1v) is 5.73. The molecule has 15 heavy (non-hydrogen) atoms. The van der Waals surface area contributed by atoms with Crippen LogP contribution in [0, 0.1) is 0 Å². The minimum Gasteiger partial charge on any atom is -0.319 e. The third-order valence-electron chi connectivity index (χ3n) is 1.65. The van der Waals surface area contributed by atoms with Crippen molar-refractivity contribution in [2.24, 2.45) is 0 Å². The van der Waals surface area contributed by atoms with Crippen molar-refractivity contribution in [2.45, 2.75) is 0 Å². The molecule has 0 unspecified atom stereocenters. The van der Waals surface area contributed by atoms with E-state index in [0.29, 0.717) is 11.3 Å². The third-order valence-corrected chi connectivity index (χ3v) is 3.15. The maximum Gasteiger partial charge on any atom is 0.256 e. The summed E-state index contributed by atoms with van der Waals surface area (Å²) in [4.78, 5) is 19.3. The van der Waals surface area contributed by atoms with Gasteiger partial charge in [0, 0.05) is 5.38 Å². The average molecular weight is 284 g/mol. The van der Waals surface area contributed by atoms with Gasteiger partial charge in [-0.1, -0.05) is 0 Å². The lowest BCUT2D eigenvalue weighted by molar-refractivity contribution is 0.102. The van der Waals surface area contributed by atoms with E-state index in [1.165, 1.54) is 17.7 Å². The minimum absolute atomic E-state index is 0.160. The quantitative estimate of drug-likeness (QED) is 0.922. The Hall–Kier alpha value is -1.27. The first-order valence-electron chi connectivity index (χ1n) is 4.06. The van der Waals surface area contributed by atoms with Crippen molar-refractivity contribution in [1.29, 1.82) is 0 Å². The summed E-state index contributed by atoms with van der Waals surface area (Å²) in [5, 5.41) is 4.47. The second kappa shape index (κ2) is 4.50. The molecule has 0 aliphatic heterocycles. The van der Waals surface area contributed by atoms with Gasteiger partial charge < -0.3 is 5.32 Å². The molecule has 1 N–H and O–H groups in total. The van der Waals surface area contributed by atoms with E-state index < -0.39 is 0 Å². The van der Waals surface area contributed by atoms with Crippen molar-refractivity contribution in [1.82, 2.24) is 9.97 Å². The molecular formula is C9H6BrN3OS. The second-order valence-electron chi connectivity index (χ2n) is 2.72. The van der Waals surface area contributed by atoms with Crippen molar-refractivity contribution in [3.63, 3.8) is 0 Å². The number of nitrogens with one attached hydrogen (secondary N) is 1. The normalized spacial score (nSPS) is 9.93. The number of rotatable bonds is 2. The van der Waals surface area contributed by atoms with Gasteiger partial charge in [0.1, 0.15) is 6.33 Å². The molecule has 0 aliphatic rings. The highest BCUT2D eigenvalue weighted by atomic mass is 79.9. The summed E-state index contributed by atoms with van der Waals surface area (Å²) in [6.07, 6.45) is 4.51. The van der Waals surface area contributed by atoms with E-state index in [1.807, 2.05) is 0 Å². The second-order valence-corrected chi connectivity index (χ2v) is 5.01. The lowest BCUT2D eigenvalue weighted by atomic mass is 10.3. The Morgan fingerprint density at radius 3 is 2.73 bits per heavy atom. The highest BCUT2D eigenvalue weighted by Gasteiger charge is 2.07. The van der Waals surface area contributed by atoms with E-state index >= 15 is 0 Å². The smallest absolute Gasteiger partial charge is 0.256 e. The summed E-state index contributed by atoms with van der Waals surface area (Å²) in [6, 6.07) is 1.77. The van der Waals surface area contributed by atoms with Crippen LogP contribution in [0.25, 0.3) is 0 Å². The molecule has 0 spiro atoms. The van der Waals surface area contributed by atoms with E-state index in [9.17, 15) is 4.79 Å². The summed E-state index contributed by atoms with van der Waals surface area (Å²) in [6.45, 7) is 0. The molecule has 1 amide bonds. The van der Waals surface area contributed by atoms with Gasteiger partial charge in [0.2, 0.25) is 0 Å². The SMILES string of the molecule is O=C(Nc1cncnc1)c1csc(Br)c1. The minimum atomic E-state index is -0.160. The monoisotopic (exact) mass is 283 g/mol. The highest BCUT2D eigenvalue weighted by molar-refractivity contribution is 9.11. The van der Waals surface area contributed by atoms with Crippen LogP contribution in [0.4, 0.5) is 5.69 Å². The molecule has 2 heterocycles. The summed E-state index contributed by atoms with van der Waals surface area (Å²) in [5.74, 6) is -0.160. The van der Waals surface area contributed by atoms with Crippen LogP contribution in [0.2, 0.25) is 0 Å². The van der Waals surface area contributed by atoms with Gasteiger partial charge in [0.15, 0.2) is 0 Å². The first-order chi connectivity index (χ1) is 7.25. The van der Waals surface area contributed by atoms with Gasteiger partial charge in [-0.05, 0) is 22.0 Å². The summed E-state index contributed by atoms with van der Waals surface area (Å²) in [5.41, 5.74) is 1.21. The number of amides is 1. The fraction of sp³-hybridized carbons (Fsp3) is 0. The van der Waals surface area contributed by atoms with Crippen LogP contribution < -0.4 is 5.32 Å². The van der Waals surface area contributed by atoms with Gasteiger partial charge in [0.25, 0.3) is 5.91 Å². The number of hydrogen-bond acceptors (Lipinski definition) is 4. The zero-order valence-electron chi connectivity index (χ0n) is 7.48. The lowest BCUT2D eigenvalue weighted by Gasteiger charge is -2.00. The maximum atomic E-state index is 11.6. The molecule has 2 aromatic rings. The molecule has 0 atom stereocenters. The zero-order valence-corrected chi connectivity index (χ0v) is 9.88. The Morgan fingerprint density at radius 2 is 2.13 bits per heavy atom. The fourth-order valence-corrected chi connectivity index (χ4v) is 2.13. The molecule has 0 radical (unpaired) electrons. The van der Waals surface area contributed by atoms with Crippen LogP contribution >= 0.6 is 27.3 Å². The number of carbonyl (C=O) groups is 1. The molecular weight excluding hydrogens is 278 g/mol. The predicted octanol–water partition coefficient (Wildman–Crippen LogP) is 2.55. The Kier molecular flexibility index (Phi) is 3.08. The van der Waals surface area contributed by atoms with Crippen molar-refractivity contribution < 1.29 is 4.79 Å². The predicted molar refractivity (Wildman–Crippen MR) is 62.0 cm³/mol. The van der Waals surface area contributed by atoms with E-state index in [2.05, 4.69) is 31.2 Å². The summed E-state index contributed by atoms with van der Waals surface area (Å²) >= 11 is 4.77. The van der Waals surface area contributed by atoms with Crippen LogP contribution in [-0.2, 0) is 0 Å². The topological polar surface area (TPSA) is 54.9 Å². The Morgan fingerprint density at radius 1 is 1.40 bits per heavy atom. The molecule has 0 saturated carbocycles. The van der Waals surface area contributed by atoms with Crippen molar-refractivity contribution >= 4 is 38.9 Å². The summed E-state index contributed by atoms with van der Waals surface area (Å²) in [7, 11) is 0. The standard InChI is InChI=1S/C9H6BrN3OS/c10-8-1-6(4-15-8)9(14)13-7-2-11-5-12-3-7/h1-5H,(H,13,14). The molecule has 76 valence electrons. The molecule has 0 fully saturated rings. The number of thiophene rings is 1. The van der Waals surface area contributed by atoms with Crippen LogP contribution in [0.5, 0.6) is 0 Å². The van der Waals surface area contributed by atoms with Crippen LogP contribution in [0.1, 0.15) is 10.4 Å². The van der Waals surface area contributed by atoms with Gasteiger partial charge in [-0.25, -0.2) is 9.97 Å². The average Bonchev–Trinajstić information content (AvgIpc) is 2.66. The largest absolute Gasteiger partial charge is 0.319 e. The molecule has 6 heteroatoms. The molecule has 2 rings (SSSR count). The summed E-state index contributed by atoms with van der Waals surface area (Å²) < 4.78 is 0.928. The van der Waals surface area contributed by atoms with Gasteiger partial charge in [-0.3, -0.25) is 4.79 Å². The van der Waals surface area contributed by atoms with Gasteiger partial charge in [-0.2, -0.15) is 0 Å². The molecule has 4 nitrogen and oxygen atoms in total. The van der Waals surface area contributed by atoms with Crippen molar-refractivity contribution in [3.8, 4) is 0 Å². The number of nitrogens with zero attached hydrogens (tertiary/aromatic N) is 2. The Bertz CT molecular complexity index is 471. The molecule has 0 bridgehead atoms. The van der Waals surface area contributed by atoms with Crippen LogP contribution in [0.15, 0.2) is 34.0 Å². The van der Waals surface area contributed by atoms with Gasteiger partial charge in [0.05, 0.1) is 27.4 Å².